The van der Waals surface area contributed by atoms with Gasteiger partial charge in [-0.3, -0.25) is 9.59 Å². The Labute approximate surface area is 164 Å². The van der Waals surface area contributed by atoms with Crippen molar-refractivity contribution in [3.05, 3.63) is 72.3 Å². The Hall–Kier alpha value is -3.34. The molecule has 0 aliphatic carbocycles. The standard InChI is InChI=1S/C23H23NO4/c1-16(28-22(25)14-12-18-8-5-6-10-21(18)27-2)23(26)24-20-13-11-17-7-3-4-9-19(17)15-20/h3-11,13,15-16H,12,14H2,1-2H3,(H,24,26)/t16-/m0/s1. The number of carbonyl (C=O) groups is 2. The Kier molecular flexibility index (Phi) is 6.27. The molecule has 5 nitrogen and oxygen atoms in total. The van der Waals surface area contributed by atoms with E-state index in [1.54, 1.807) is 14.0 Å². The van der Waals surface area contributed by atoms with E-state index in [0.717, 1.165) is 22.1 Å². The number of hydrogen-bond acceptors (Lipinski definition) is 4. The number of carbonyl (C=O) groups excluding carboxylic acids is 2. The average Bonchev–Trinajstić information content (AvgIpc) is 2.72. The molecule has 0 saturated heterocycles. The number of anilines is 1. The zero-order valence-corrected chi connectivity index (χ0v) is 16.0. The Morgan fingerprint density at radius 2 is 1.68 bits per heavy atom. The second kappa shape index (κ2) is 9.04. The van der Waals surface area contributed by atoms with Crippen molar-refractivity contribution in [2.24, 2.45) is 0 Å². The fraction of sp³-hybridized carbons (Fsp3) is 0.217. The summed E-state index contributed by atoms with van der Waals surface area (Å²) in [5.74, 6) is -0.0506. The van der Waals surface area contributed by atoms with Crippen LogP contribution in [0.15, 0.2) is 66.7 Å². The lowest BCUT2D eigenvalue weighted by atomic mass is 10.1. The van der Waals surface area contributed by atoms with E-state index in [1.807, 2.05) is 66.7 Å². The van der Waals surface area contributed by atoms with Crippen molar-refractivity contribution in [2.45, 2.75) is 25.9 Å². The summed E-state index contributed by atoms with van der Waals surface area (Å²) in [6, 6.07) is 21.1. The topological polar surface area (TPSA) is 64.6 Å². The van der Waals surface area contributed by atoms with Crippen LogP contribution in [0.4, 0.5) is 5.69 Å². The maximum absolute atomic E-state index is 12.4. The Morgan fingerprint density at radius 1 is 0.964 bits per heavy atom. The molecule has 0 heterocycles. The van der Waals surface area contributed by atoms with Crippen LogP contribution in [0.25, 0.3) is 10.8 Å². The van der Waals surface area contributed by atoms with Crippen molar-refractivity contribution in [3.63, 3.8) is 0 Å². The van der Waals surface area contributed by atoms with Crippen molar-refractivity contribution >= 4 is 28.3 Å². The van der Waals surface area contributed by atoms with Crippen LogP contribution in [-0.4, -0.2) is 25.1 Å². The average molecular weight is 377 g/mol. The van der Waals surface area contributed by atoms with Crippen LogP contribution in [0.5, 0.6) is 5.75 Å². The molecule has 0 bridgehead atoms. The number of esters is 1. The largest absolute Gasteiger partial charge is 0.496 e. The number of aryl methyl sites for hydroxylation is 1. The van der Waals surface area contributed by atoms with Crippen LogP contribution < -0.4 is 10.1 Å². The molecule has 3 aromatic carbocycles. The van der Waals surface area contributed by atoms with Gasteiger partial charge in [0.05, 0.1) is 7.11 Å². The van der Waals surface area contributed by atoms with Crippen LogP contribution in [0.1, 0.15) is 18.9 Å². The fourth-order valence-electron chi connectivity index (χ4n) is 2.97. The molecule has 144 valence electrons. The van der Waals surface area contributed by atoms with Gasteiger partial charge in [0.2, 0.25) is 0 Å². The SMILES string of the molecule is COc1ccccc1CCC(=O)O[C@@H](C)C(=O)Nc1ccc2ccccc2c1. The van der Waals surface area contributed by atoms with E-state index in [4.69, 9.17) is 9.47 Å². The molecule has 3 aromatic rings. The number of rotatable bonds is 7. The maximum atomic E-state index is 12.4. The first kappa shape index (κ1) is 19.4. The van der Waals surface area contributed by atoms with Crippen molar-refractivity contribution in [3.8, 4) is 5.75 Å². The predicted molar refractivity (Wildman–Crippen MR) is 109 cm³/mol. The molecule has 0 spiro atoms. The summed E-state index contributed by atoms with van der Waals surface area (Å²) in [5, 5.41) is 4.92. The third-order valence-electron chi connectivity index (χ3n) is 4.49. The summed E-state index contributed by atoms with van der Waals surface area (Å²) in [4.78, 5) is 24.5. The summed E-state index contributed by atoms with van der Waals surface area (Å²) in [6.07, 6.45) is -0.216. The predicted octanol–water partition coefficient (Wildman–Crippen LogP) is 4.35. The van der Waals surface area contributed by atoms with Crippen molar-refractivity contribution in [1.29, 1.82) is 0 Å². The molecular formula is C23H23NO4. The van der Waals surface area contributed by atoms with Crippen molar-refractivity contribution in [2.75, 3.05) is 12.4 Å². The first-order chi connectivity index (χ1) is 13.6. The molecule has 0 radical (unpaired) electrons. The number of benzene rings is 3. The highest BCUT2D eigenvalue weighted by Crippen LogP contribution is 2.20. The summed E-state index contributed by atoms with van der Waals surface area (Å²) < 4.78 is 10.6. The van der Waals surface area contributed by atoms with Gasteiger partial charge in [-0.25, -0.2) is 0 Å². The molecule has 1 amide bonds. The summed E-state index contributed by atoms with van der Waals surface area (Å²) in [5.41, 5.74) is 1.59. The van der Waals surface area contributed by atoms with E-state index in [0.29, 0.717) is 12.1 Å². The van der Waals surface area contributed by atoms with E-state index in [9.17, 15) is 9.59 Å². The molecule has 0 aliphatic heterocycles. The molecule has 5 heteroatoms. The highest BCUT2D eigenvalue weighted by Gasteiger charge is 2.18. The number of fused-ring (bicyclic) bond motifs is 1. The molecule has 1 atom stereocenters. The lowest BCUT2D eigenvalue weighted by molar-refractivity contribution is -0.153. The minimum atomic E-state index is -0.878. The normalized spacial score (nSPS) is 11.6. The van der Waals surface area contributed by atoms with Gasteiger partial charge in [0.25, 0.3) is 5.91 Å². The maximum Gasteiger partial charge on any atom is 0.306 e. The van der Waals surface area contributed by atoms with Gasteiger partial charge in [-0.1, -0.05) is 48.5 Å². The third-order valence-corrected chi connectivity index (χ3v) is 4.49. The summed E-state index contributed by atoms with van der Waals surface area (Å²) in [7, 11) is 1.59. The van der Waals surface area contributed by atoms with Crippen LogP contribution in [0.2, 0.25) is 0 Å². The summed E-state index contributed by atoms with van der Waals surface area (Å²) >= 11 is 0. The minimum absolute atomic E-state index is 0.175. The fourth-order valence-corrected chi connectivity index (χ4v) is 2.97. The second-order valence-corrected chi connectivity index (χ2v) is 6.50. The third kappa shape index (κ3) is 4.88. The molecule has 0 aromatic heterocycles. The molecule has 28 heavy (non-hydrogen) atoms. The van der Waals surface area contributed by atoms with Crippen LogP contribution in [0, 0.1) is 0 Å². The van der Waals surface area contributed by atoms with E-state index >= 15 is 0 Å². The van der Waals surface area contributed by atoms with E-state index in [1.165, 1.54) is 0 Å². The van der Waals surface area contributed by atoms with Crippen LogP contribution in [-0.2, 0) is 20.7 Å². The molecule has 0 unspecified atom stereocenters. The Morgan fingerprint density at radius 3 is 2.46 bits per heavy atom. The first-order valence-corrected chi connectivity index (χ1v) is 9.18. The van der Waals surface area contributed by atoms with E-state index in [-0.39, 0.29) is 12.3 Å². The molecule has 0 saturated carbocycles. The molecule has 1 N–H and O–H groups in total. The van der Waals surface area contributed by atoms with Gasteiger partial charge in [0.15, 0.2) is 6.10 Å². The lowest BCUT2D eigenvalue weighted by Gasteiger charge is -2.14. The van der Waals surface area contributed by atoms with E-state index < -0.39 is 12.1 Å². The number of amides is 1. The van der Waals surface area contributed by atoms with Gasteiger partial charge >= 0.3 is 5.97 Å². The van der Waals surface area contributed by atoms with Gasteiger partial charge in [-0.2, -0.15) is 0 Å². The van der Waals surface area contributed by atoms with Crippen LogP contribution >= 0.6 is 0 Å². The molecule has 0 aliphatic rings. The zero-order valence-electron chi connectivity index (χ0n) is 16.0. The molecular weight excluding hydrogens is 354 g/mol. The van der Waals surface area contributed by atoms with Gasteiger partial charge < -0.3 is 14.8 Å². The minimum Gasteiger partial charge on any atom is -0.496 e. The van der Waals surface area contributed by atoms with Crippen LogP contribution in [0.3, 0.4) is 0 Å². The van der Waals surface area contributed by atoms with E-state index in [2.05, 4.69) is 5.32 Å². The Bertz CT molecular complexity index is 983. The zero-order chi connectivity index (χ0) is 19.9. The molecule has 0 fully saturated rings. The first-order valence-electron chi connectivity index (χ1n) is 9.18. The monoisotopic (exact) mass is 377 g/mol. The second-order valence-electron chi connectivity index (χ2n) is 6.50. The quantitative estimate of drug-likeness (QED) is 0.622. The highest BCUT2D eigenvalue weighted by molar-refractivity contribution is 5.97. The smallest absolute Gasteiger partial charge is 0.306 e. The molecule has 3 rings (SSSR count). The van der Waals surface area contributed by atoms with Gasteiger partial charge in [-0.05, 0) is 47.9 Å². The number of methoxy groups -OCH3 is 1. The van der Waals surface area contributed by atoms with Gasteiger partial charge in [-0.15, -0.1) is 0 Å². The van der Waals surface area contributed by atoms with Crippen molar-refractivity contribution < 1.29 is 19.1 Å². The van der Waals surface area contributed by atoms with Gasteiger partial charge in [0.1, 0.15) is 5.75 Å². The van der Waals surface area contributed by atoms with Crippen molar-refractivity contribution in [1.82, 2.24) is 0 Å². The highest BCUT2D eigenvalue weighted by atomic mass is 16.5. The van der Waals surface area contributed by atoms with Gasteiger partial charge in [0, 0.05) is 12.1 Å². The Balaban J connectivity index is 1.53. The summed E-state index contributed by atoms with van der Waals surface area (Å²) in [6.45, 7) is 1.57. The number of para-hydroxylation sites is 1. The number of nitrogens with one attached hydrogen (secondary N) is 1. The lowest BCUT2D eigenvalue weighted by Crippen LogP contribution is -2.30. The number of ether oxygens (including phenoxy) is 2. The number of hydrogen-bond donors (Lipinski definition) is 1.